The largest absolute Gasteiger partial charge is 0.382 e. The Hall–Kier alpha value is -1.62. The Labute approximate surface area is 120 Å². The number of hydrogen-bond acceptors (Lipinski definition) is 4. The highest BCUT2D eigenvalue weighted by Crippen LogP contribution is 2.28. The lowest BCUT2D eigenvalue weighted by atomic mass is 9.96. The number of piperazine rings is 1. The molecule has 20 heavy (non-hydrogen) atoms. The van der Waals surface area contributed by atoms with E-state index in [1.165, 1.54) is 25.8 Å². The molecule has 2 saturated heterocycles. The van der Waals surface area contributed by atoms with Gasteiger partial charge in [-0.3, -0.25) is 15.3 Å². The van der Waals surface area contributed by atoms with Crippen molar-refractivity contribution in [1.82, 2.24) is 9.88 Å². The van der Waals surface area contributed by atoms with E-state index in [0.29, 0.717) is 17.8 Å². The normalized spacial score (nSPS) is 27.1. The van der Waals surface area contributed by atoms with Crippen LogP contribution in [0.1, 0.15) is 31.9 Å². The predicted molar refractivity (Wildman–Crippen MR) is 81.3 cm³/mol. The summed E-state index contributed by atoms with van der Waals surface area (Å²) in [6, 6.07) is 5.14. The van der Waals surface area contributed by atoms with Crippen LogP contribution >= 0.6 is 0 Å². The number of nitrogens with one attached hydrogen (secondary N) is 1. The second kappa shape index (κ2) is 5.40. The van der Waals surface area contributed by atoms with Crippen molar-refractivity contribution in [2.24, 2.45) is 5.73 Å². The van der Waals surface area contributed by atoms with Gasteiger partial charge in [0.1, 0.15) is 11.5 Å². The van der Waals surface area contributed by atoms with E-state index in [-0.39, 0.29) is 5.84 Å². The number of hydrogen-bond donors (Lipinski definition) is 2. The number of piperidine rings is 1. The molecule has 3 heterocycles. The number of rotatable bonds is 2. The number of fused-ring (bicyclic) bond motifs is 1. The fourth-order valence-corrected chi connectivity index (χ4v) is 3.46. The van der Waals surface area contributed by atoms with Crippen molar-refractivity contribution >= 4 is 11.5 Å². The van der Waals surface area contributed by atoms with E-state index >= 15 is 0 Å². The summed E-state index contributed by atoms with van der Waals surface area (Å²) in [6.45, 7) is 5.72. The van der Waals surface area contributed by atoms with Gasteiger partial charge in [-0.25, -0.2) is 0 Å². The lowest BCUT2D eigenvalue weighted by Gasteiger charge is -2.48. The molecule has 3 N–H and O–H groups in total. The Bertz CT molecular complexity index is 501. The van der Waals surface area contributed by atoms with Crippen LogP contribution in [0.3, 0.4) is 0 Å². The molecule has 0 spiro atoms. The second-order valence-electron chi connectivity index (χ2n) is 5.96. The van der Waals surface area contributed by atoms with Gasteiger partial charge < -0.3 is 10.6 Å². The van der Waals surface area contributed by atoms with Gasteiger partial charge >= 0.3 is 0 Å². The highest BCUT2D eigenvalue weighted by molar-refractivity contribution is 5.93. The molecule has 2 unspecified atom stereocenters. The number of amidine groups is 1. The lowest BCUT2D eigenvalue weighted by molar-refractivity contribution is 0.115. The zero-order chi connectivity index (χ0) is 14.1. The molecule has 2 atom stereocenters. The average molecular weight is 273 g/mol. The van der Waals surface area contributed by atoms with Crippen molar-refractivity contribution in [3.05, 3.63) is 24.0 Å². The molecule has 5 nitrogen and oxygen atoms in total. The molecule has 0 radical (unpaired) electrons. The molecule has 0 aromatic carbocycles. The molecule has 108 valence electrons. The van der Waals surface area contributed by atoms with Crippen molar-refractivity contribution in [3.63, 3.8) is 0 Å². The number of nitrogen functional groups attached to an aromatic ring is 1. The first-order chi connectivity index (χ1) is 9.65. The smallest absolute Gasteiger partial charge is 0.141 e. The maximum absolute atomic E-state index is 7.53. The summed E-state index contributed by atoms with van der Waals surface area (Å²) in [4.78, 5) is 9.24. The van der Waals surface area contributed by atoms with Crippen LogP contribution in [0.5, 0.6) is 0 Å². The van der Waals surface area contributed by atoms with Crippen LogP contribution in [0, 0.1) is 5.41 Å². The molecule has 0 saturated carbocycles. The van der Waals surface area contributed by atoms with Crippen LogP contribution in [-0.2, 0) is 0 Å². The summed E-state index contributed by atoms with van der Waals surface area (Å²) in [7, 11) is 0. The molecule has 2 fully saturated rings. The zero-order valence-electron chi connectivity index (χ0n) is 12.0. The van der Waals surface area contributed by atoms with Gasteiger partial charge in [-0.2, -0.15) is 0 Å². The van der Waals surface area contributed by atoms with E-state index in [2.05, 4.69) is 21.7 Å². The first-order valence-electron chi connectivity index (χ1n) is 7.46. The minimum absolute atomic E-state index is 0.0378. The zero-order valence-corrected chi connectivity index (χ0v) is 12.0. The van der Waals surface area contributed by atoms with Gasteiger partial charge in [0.25, 0.3) is 0 Å². The van der Waals surface area contributed by atoms with Crippen molar-refractivity contribution in [2.45, 2.75) is 38.3 Å². The van der Waals surface area contributed by atoms with Crippen LogP contribution in [-0.4, -0.2) is 47.4 Å². The number of nitrogens with two attached hydrogens (primary N) is 1. The molecule has 2 aliphatic heterocycles. The Morgan fingerprint density at radius 3 is 3.05 bits per heavy atom. The van der Waals surface area contributed by atoms with Gasteiger partial charge in [0.05, 0.1) is 0 Å². The minimum atomic E-state index is 0.0378. The Morgan fingerprint density at radius 1 is 1.40 bits per heavy atom. The first-order valence-corrected chi connectivity index (χ1v) is 7.46. The molecule has 1 aromatic rings. The third-order valence-electron chi connectivity index (χ3n) is 4.54. The van der Waals surface area contributed by atoms with Crippen LogP contribution < -0.4 is 10.6 Å². The van der Waals surface area contributed by atoms with Crippen molar-refractivity contribution in [1.29, 1.82) is 5.41 Å². The maximum atomic E-state index is 7.53. The molecule has 0 amide bonds. The summed E-state index contributed by atoms with van der Waals surface area (Å²) < 4.78 is 0. The van der Waals surface area contributed by atoms with Gasteiger partial charge in [0, 0.05) is 37.1 Å². The van der Waals surface area contributed by atoms with Crippen LogP contribution in [0.25, 0.3) is 0 Å². The number of anilines is 1. The number of aromatic nitrogens is 1. The van der Waals surface area contributed by atoms with Crippen molar-refractivity contribution in [3.8, 4) is 0 Å². The Morgan fingerprint density at radius 2 is 2.25 bits per heavy atom. The third kappa shape index (κ3) is 2.50. The summed E-state index contributed by atoms with van der Waals surface area (Å²) in [6.07, 6.45) is 5.74. The molecule has 1 aromatic heterocycles. The van der Waals surface area contributed by atoms with E-state index in [0.717, 1.165) is 18.8 Å². The van der Waals surface area contributed by atoms with Gasteiger partial charge in [-0.1, -0.05) is 6.42 Å². The topological polar surface area (TPSA) is 69.2 Å². The molecular formula is C15H23N5. The average Bonchev–Trinajstić information content (AvgIpc) is 2.46. The molecule has 2 aliphatic rings. The maximum Gasteiger partial charge on any atom is 0.141 e. The van der Waals surface area contributed by atoms with Crippen molar-refractivity contribution < 1.29 is 0 Å². The summed E-state index contributed by atoms with van der Waals surface area (Å²) in [5.41, 5.74) is 7.26. The third-order valence-corrected chi connectivity index (χ3v) is 4.54. The number of pyridine rings is 1. The van der Waals surface area contributed by atoms with E-state index < -0.39 is 0 Å². The Kier molecular flexibility index (Phi) is 3.61. The monoisotopic (exact) mass is 273 g/mol. The summed E-state index contributed by atoms with van der Waals surface area (Å²) >= 11 is 0. The fourth-order valence-electron chi connectivity index (χ4n) is 3.46. The molecule has 0 aliphatic carbocycles. The van der Waals surface area contributed by atoms with Gasteiger partial charge in [-0.15, -0.1) is 0 Å². The summed E-state index contributed by atoms with van der Waals surface area (Å²) in [5.74, 6) is 0.0378. The van der Waals surface area contributed by atoms with Crippen molar-refractivity contribution in [2.75, 3.05) is 24.5 Å². The lowest BCUT2D eigenvalue weighted by Crippen LogP contribution is -2.58. The first kappa shape index (κ1) is 13.4. The minimum Gasteiger partial charge on any atom is -0.382 e. The standard InChI is InChI=1S/C15H23N5/c1-11-9-19-7-3-2-4-13(19)10-20(11)12-5-6-18-14(8-12)15(16)17/h5-6,8,11,13H,2-4,7,9-10H2,1H3,(H3,16,17). The SMILES string of the molecule is CC1CN2CCCCC2CN1c1ccnc(C(=N)N)c1. The van der Waals surface area contributed by atoms with E-state index in [9.17, 15) is 0 Å². The van der Waals surface area contributed by atoms with Crippen LogP contribution in [0.15, 0.2) is 18.3 Å². The Balaban J connectivity index is 1.82. The second-order valence-corrected chi connectivity index (χ2v) is 5.96. The fraction of sp³-hybridized carbons (Fsp3) is 0.600. The quantitative estimate of drug-likeness (QED) is 0.632. The van der Waals surface area contributed by atoms with E-state index in [4.69, 9.17) is 11.1 Å². The summed E-state index contributed by atoms with van der Waals surface area (Å²) in [5, 5.41) is 7.53. The van der Waals surface area contributed by atoms with Crippen LogP contribution in [0.4, 0.5) is 5.69 Å². The molecule has 3 rings (SSSR count). The van der Waals surface area contributed by atoms with Gasteiger partial charge in [0.2, 0.25) is 0 Å². The van der Waals surface area contributed by atoms with Crippen LogP contribution in [0.2, 0.25) is 0 Å². The number of nitrogens with zero attached hydrogens (tertiary/aromatic N) is 3. The van der Waals surface area contributed by atoms with Gasteiger partial charge in [-0.05, 0) is 38.4 Å². The van der Waals surface area contributed by atoms with Gasteiger partial charge in [0.15, 0.2) is 0 Å². The molecule has 5 heteroatoms. The predicted octanol–water partition coefficient (Wildman–Crippen LogP) is 1.43. The molecule has 0 bridgehead atoms. The highest BCUT2D eigenvalue weighted by atomic mass is 15.3. The van der Waals surface area contributed by atoms with E-state index in [1.807, 2.05) is 12.1 Å². The highest BCUT2D eigenvalue weighted by Gasteiger charge is 2.33. The van der Waals surface area contributed by atoms with E-state index in [1.54, 1.807) is 6.20 Å². The molecular weight excluding hydrogens is 250 g/mol.